The normalized spacial score (nSPS) is 23.9. The van der Waals surface area contributed by atoms with Gasteiger partial charge in [0.1, 0.15) is 0 Å². The molecule has 0 unspecified atom stereocenters. The van der Waals surface area contributed by atoms with Gasteiger partial charge in [-0.1, -0.05) is 25.1 Å². The van der Waals surface area contributed by atoms with Crippen LogP contribution in [0.1, 0.15) is 32.3 Å². The van der Waals surface area contributed by atoms with Crippen molar-refractivity contribution in [3.8, 4) is 0 Å². The first-order valence-electron chi connectivity index (χ1n) is 7.22. The molecule has 1 aliphatic rings. The molecule has 0 radical (unpaired) electrons. The Kier molecular flexibility index (Phi) is 4.68. The molecule has 6 heteroatoms. The van der Waals surface area contributed by atoms with Gasteiger partial charge >= 0.3 is 5.97 Å². The lowest BCUT2D eigenvalue weighted by molar-refractivity contribution is -0.144. The zero-order chi connectivity index (χ0) is 15.6. The Morgan fingerprint density at radius 3 is 2.67 bits per heavy atom. The predicted octanol–water partition coefficient (Wildman–Crippen LogP) is 2.12. The monoisotopic (exact) mass is 311 g/mol. The lowest BCUT2D eigenvalue weighted by atomic mass is 9.92. The number of aryl methyl sites for hydroxylation is 1. The minimum atomic E-state index is -3.65. The summed E-state index contributed by atoms with van der Waals surface area (Å²) in [7, 11) is -3.65. The Bertz CT molecular complexity index is 626. The number of hydrogen-bond donors (Lipinski definition) is 1. The summed E-state index contributed by atoms with van der Waals surface area (Å²) in [6, 6.07) is 6.40. The van der Waals surface area contributed by atoms with Crippen molar-refractivity contribution in [1.82, 2.24) is 4.31 Å². The Morgan fingerprint density at radius 1 is 1.38 bits per heavy atom. The SMILES string of the molecule is CCc1ccccc1S(=O)(=O)N1CCC[C@H](C(=O)O)[C@@H]1C. The number of carboxylic acids is 1. The average molecular weight is 311 g/mol. The van der Waals surface area contributed by atoms with E-state index in [2.05, 4.69) is 0 Å². The van der Waals surface area contributed by atoms with Crippen LogP contribution in [0.3, 0.4) is 0 Å². The molecule has 1 aromatic rings. The molecule has 2 atom stereocenters. The zero-order valence-electron chi connectivity index (χ0n) is 12.3. The zero-order valence-corrected chi connectivity index (χ0v) is 13.1. The second-order valence-electron chi connectivity index (χ2n) is 5.40. The van der Waals surface area contributed by atoms with Crippen molar-refractivity contribution in [3.63, 3.8) is 0 Å². The molecular weight excluding hydrogens is 290 g/mol. The van der Waals surface area contributed by atoms with Gasteiger partial charge in [0, 0.05) is 12.6 Å². The molecular formula is C15H21NO4S. The number of rotatable bonds is 4. The molecule has 0 aliphatic carbocycles. The van der Waals surface area contributed by atoms with Crippen molar-refractivity contribution in [2.45, 2.75) is 44.0 Å². The molecule has 116 valence electrons. The first-order chi connectivity index (χ1) is 9.89. The molecule has 1 heterocycles. The molecule has 5 nitrogen and oxygen atoms in total. The van der Waals surface area contributed by atoms with Gasteiger partial charge < -0.3 is 5.11 Å². The minimum absolute atomic E-state index is 0.297. The topological polar surface area (TPSA) is 74.7 Å². The second kappa shape index (κ2) is 6.15. The third-order valence-corrected chi connectivity index (χ3v) is 6.27. The summed E-state index contributed by atoms with van der Waals surface area (Å²) < 4.78 is 27.1. The number of aliphatic carboxylic acids is 1. The first-order valence-corrected chi connectivity index (χ1v) is 8.66. The molecule has 0 spiro atoms. The van der Waals surface area contributed by atoms with E-state index >= 15 is 0 Å². The van der Waals surface area contributed by atoms with Crippen molar-refractivity contribution in [2.75, 3.05) is 6.54 Å². The fourth-order valence-corrected chi connectivity index (χ4v) is 4.96. The molecule has 0 saturated carbocycles. The van der Waals surface area contributed by atoms with Crippen LogP contribution in [0.25, 0.3) is 0 Å². The largest absolute Gasteiger partial charge is 0.481 e. The van der Waals surface area contributed by atoms with E-state index in [1.807, 2.05) is 13.0 Å². The fourth-order valence-electron chi connectivity index (χ4n) is 2.96. The van der Waals surface area contributed by atoms with Crippen LogP contribution in [0.15, 0.2) is 29.2 Å². The first kappa shape index (κ1) is 16.0. The van der Waals surface area contributed by atoms with Crippen LogP contribution in [0, 0.1) is 5.92 Å². The van der Waals surface area contributed by atoms with E-state index in [9.17, 15) is 18.3 Å². The van der Waals surface area contributed by atoms with Gasteiger partial charge in [0.25, 0.3) is 0 Å². The summed E-state index contributed by atoms with van der Waals surface area (Å²) in [5.41, 5.74) is 0.766. The predicted molar refractivity (Wildman–Crippen MR) is 79.5 cm³/mol. The third-order valence-electron chi connectivity index (χ3n) is 4.19. The number of hydrogen-bond acceptors (Lipinski definition) is 3. The molecule has 1 N–H and O–H groups in total. The van der Waals surface area contributed by atoms with Gasteiger partial charge in [0.15, 0.2) is 0 Å². The van der Waals surface area contributed by atoms with Crippen molar-refractivity contribution in [3.05, 3.63) is 29.8 Å². The number of nitrogens with zero attached hydrogens (tertiary/aromatic N) is 1. The van der Waals surface area contributed by atoms with E-state index in [1.54, 1.807) is 25.1 Å². The van der Waals surface area contributed by atoms with E-state index in [4.69, 9.17) is 0 Å². The smallest absolute Gasteiger partial charge is 0.308 e. The molecule has 1 saturated heterocycles. The standard InChI is InChI=1S/C15H21NO4S/c1-3-12-7-4-5-9-14(12)21(19,20)16-10-6-8-13(11(16)2)15(17)18/h4-5,7,9,11,13H,3,6,8,10H2,1-2H3,(H,17,18)/t11-,13-/m0/s1. The molecule has 2 rings (SSSR count). The minimum Gasteiger partial charge on any atom is -0.481 e. The summed E-state index contributed by atoms with van der Waals surface area (Å²) in [4.78, 5) is 11.6. The molecule has 21 heavy (non-hydrogen) atoms. The highest BCUT2D eigenvalue weighted by atomic mass is 32.2. The van der Waals surface area contributed by atoms with Crippen LogP contribution in [0.2, 0.25) is 0 Å². The van der Waals surface area contributed by atoms with Crippen LogP contribution >= 0.6 is 0 Å². The highest BCUT2D eigenvalue weighted by Crippen LogP contribution is 2.30. The summed E-state index contributed by atoms with van der Waals surface area (Å²) in [6.07, 6.45) is 1.73. The number of carbonyl (C=O) groups is 1. The van der Waals surface area contributed by atoms with Gasteiger partial charge in [-0.05, 0) is 37.8 Å². The maximum atomic E-state index is 12.9. The van der Waals surface area contributed by atoms with Gasteiger partial charge in [0.05, 0.1) is 10.8 Å². The average Bonchev–Trinajstić information content (AvgIpc) is 2.46. The highest BCUT2D eigenvalue weighted by molar-refractivity contribution is 7.89. The van der Waals surface area contributed by atoms with Crippen molar-refractivity contribution < 1.29 is 18.3 Å². The lowest BCUT2D eigenvalue weighted by Gasteiger charge is -2.36. The quantitative estimate of drug-likeness (QED) is 0.924. The molecule has 0 aromatic heterocycles. The van der Waals surface area contributed by atoms with Crippen LogP contribution in [0.4, 0.5) is 0 Å². The Labute approximate surface area is 125 Å². The third kappa shape index (κ3) is 2.96. The Morgan fingerprint density at radius 2 is 2.05 bits per heavy atom. The molecule has 0 bridgehead atoms. The van der Waals surface area contributed by atoms with E-state index in [1.165, 1.54) is 4.31 Å². The van der Waals surface area contributed by atoms with Gasteiger partial charge in [0.2, 0.25) is 10.0 Å². The molecule has 0 amide bonds. The summed E-state index contributed by atoms with van der Waals surface area (Å²) in [5.74, 6) is -1.56. The highest BCUT2D eigenvalue weighted by Gasteiger charge is 2.39. The van der Waals surface area contributed by atoms with Crippen LogP contribution in [0.5, 0.6) is 0 Å². The molecule has 1 fully saturated rings. The maximum absolute atomic E-state index is 12.9. The number of benzene rings is 1. The molecule has 1 aromatic carbocycles. The number of carboxylic acid groups (broad SMARTS) is 1. The van der Waals surface area contributed by atoms with Crippen LogP contribution < -0.4 is 0 Å². The van der Waals surface area contributed by atoms with Gasteiger partial charge in [-0.2, -0.15) is 4.31 Å². The van der Waals surface area contributed by atoms with E-state index in [0.29, 0.717) is 30.7 Å². The maximum Gasteiger partial charge on any atom is 0.308 e. The summed E-state index contributed by atoms with van der Waals surface area (Å²) in [6.45, 7) is 3.98. The van der Waals surface area contributed by atoms with E-state index < -0.39 is 28.0 Å². The second-order valence-corrected chi connectivity index (χ2v) is 7.26. The lowest BCUT2D eigenvalue weighted by Crippen LogP contribution is -2.49. The van der Waals surface area contributed by atoms with Gasteiger partial charge in [-0.25, -0.2) is 8.42 Å². The molecule has 1 aliphatic heterocycles. The van der Waals surface area contributed by atoms with Crippen molar-refractivity contribution >= 4 is 16.0 Å². The summed E-state index contributed by atoms with van der Waals surface area (Å²) >= 11 is 0. The van der Waals surface area contributed by atoms with Crippen molar-refractivity contribution in [1.29, 1.82) is 0 Å². The Hall–Kier alpha value is -1.40. The van der Waals surface area contributed by atoms with E-state index in [0.717, 1.165) is 5.56 Å². The Balaban J connectivity index is 2.41. The van der Waals surface area contributed by atoms with Gasteiger partial charge in [-0.3, -0.25) is 4.79 Å². The number of sulfonamides is 1. The van der Waals surface area contributed by atoms with Gasteiger partial charge in [-0.15, -0.1) is 0 Å². The van der Waals surface area contributed by atoms with E-state index in [-0.39, 0.29) is 0 Å². The fraction of sp³-hybridized carbons (Fsp3) is 0.533. The van der Waals surface area contributed by atoms with Crippen LogP contribution in [-0.4, -0.2) is 36.4 Å². The number of piperidine rings is 1. The summed E-state index contributed by atoms with van der Waals surface area (Å²) in [5, 5.41) is 9.24. The van der Waals surface area contributed by atoms with Crippen molar-refractivity contribution in [2.24, 2.45) is 5.92 Å². The van der Waals surface area contributed by atoms with Crippen LogP contribution in [-0.2, 0) is 21.2 Å².